The number of para-hydroxylation sites is 1. The molecule has 0 bridgehead atoms. The minimum atomic E-state index is -0.561. The molecule has 2 amide bonds. The average molecular weight is 459 g/mol. The van der Waals surface area contributed by atoms with Crippen LogP contribution >= 0.6 is 39.0 Å². The molecule has 0 unspecified atom stereocenters. The van der Waals surface area contributed by atoms with Crippen molar-refractivity contribution in [2.75, 3.05) is 18.5 Å². The number of anilines is 1. The summed E-state index contributed by atoms with van der Waals surface area (Å²) in [5.41, 5.74) is 2.16. The van der Waals surface area contributed by atoms with E-state index in [2.05, 4.69) is 36.8 Å². The number of amides is 2. The zero-order valence-corrected chi connectivity index (χ0v) is 16.8. The van der Waals surface area contributed by atoms with Gasteiger partial charge >= 0.3 is 5.97 Å². The molecule has 1 aromatic heterocycles. The van der Waals surface area contributed by atoms with Gasteiger partial charge in [-0.25, -0.2) is 0 Å². The molecule has 0 radical (unpaired) electrons. The maximum atomic E-state index is 11.8. The van der Waals surface area contributed by atoms with E-state index < -0.39 is 29.6 Å². The van der Waals surface area contributed by atoms with Crippen LogP contribution < -0.4 is 10.6 Å². The molecular weight excluding hydrogens is 444 g/mol. The molecule has 0 aliphatic heterocycles. The number of hydrogen-bond acceptors (Lipinski definition) is 8. The highest BCUT2D eigenvalue weighted by atomic mass is 79.9. The lowest BCUT2D eigenvalue weighted by Crippen LogP contribution is -2.36. The largest absolute Gasteiger partial charge is 0.455 e. The number of thioether (sulfide) groups is 1. The van der Waals surface area contributed by atoms with Crippen molar-refractivity contribution in [2.45, 2.75) is 16.5 Å². The molecule has 11 heteroatoms. The molecule has 0 saturated heterocycles. The number of aromatic nitrogens is 2. The second kappa shape index (κ2) is 10.2. The minimum Gasteiger partial charge on any atom is -0.455 e. The van der Waals surface area contributed by atoms with E-state index in [1.54, 1.807) is 30.6 Å². The Morgan fingerprint density at radius 1 is 1.31 bits per heavy atom. The molecule has 1 heterocycles. The van der Waals surface area contributed by atoms with Gasteiger partial charge in [0.15, 0.2) is 10.9 Å². The highest BCUT2D eigenvalue weighted by molar-refractivity contribution is 9.10. The number of carbonyl (C=O) groups excluding carboxylic acids is 3. The van der Waals surface area contributed by atoms with Crippen molar-refractivity contribution in [2.24, 2.45) is 0 Å². The molecule has 0 saturated carbocycles. The van der Waals surface area contributed by atoms with Gasteiger partial charge in [-0.05, 0) is 35.0 Å². The van der Waals surface area contributed by atoms with E-state index in [0.29, 0.717) is 10.0 Å². The highest BCUT2D eigenvalue weighted by Gasteiger charge is 2.19. The fourth-order valence-electron chi connectivity index (χ4n) is 1.65. The van der Waals surface area contributed by atoms with Gasteiger partial charge in [-0.15, -0.1) is 10.2 Å². The summed E-state index contributed by atoms with van der Waals surface area (Å²) in [5.74, 6) is -1.50. The molecule has 2 rings (SSSR count). The van der Waals surface area contributed by atoms with Crippen LogP contribution in [-0.2, 0) is 19.1 Å². The number of hydrogen-bond donors (Lipinski definition) is 2. The number of rotatable bonds is 8. The molecule has 2 aromatic rings. The Morgan fingerprint density at radius 2 is 2.08 bits per heavy atom. The van der Waals surface area contributed by atoms with E-state index in [0.717, 1.165) is 4.47 Å². The van der Waals surface area contributed by atoms with Crippen LogP contribution in [0.4, 0.5) is 5.69 Å². The maximum Gasteiger partial charge on any atom is 0.319 e. The van der Waals surface area contributed by atoms with Crippen molar-refractivity contribution in [3.63, 3.8) is 0 Å². The summed E-state index contributed by atoms with van der Waals surface area (Å²) in [6, 6.07) is 7.11. The second-order valence-electron chi connectivity index (χ2n) is 4.88. The third kappa shape index (κ3) is 6.73. The topological polar surface area (TPSA) is 110 Å². The summed E-state index contributed by atoms with van der Waals surface area (Å²) in [4.78, 5) is 35.4. The third-order valence-electron chi connectivity index (χ3n) is 2.89. The summed E-state index contributed by atoms with van der Waals surface area (Å²) >= 11 is 5.82. The molecule has 0 aliphatic carbocycles. The van der Waals surface area contributed by atoms with Gasteiger partial charge in [-0.3, -0.25) is 14.4 Å². The van der Waals surface area contributed by atoms with Crippen molar-refractivity contribution in [3.05, 3.63) is 34.2 Å². The fourth-order valence-corrected chi connectivity index (χ4v) is 3.66. The molecule has 0 spiro atoms. The van der Waals surface area contributed by atoms with Gasteiger partial charge in [0, 0.05) is 4.47 Å². The third-order valence-corrected chi connectivity index (χ3v) is 5.47. The molecular formula is C15H15BrN4O4S2. The standard InChI is InChI=1S/C15H15BrN4O4S2/c1-9(26-15-20-18-8-25-15)14(23)24-7-13(22)17-6-12(21)19-11-5-3-2-4-10(11)16/h2-5,8-9H,6-7H2,1H3,(H,17,22)(H,19,21)/t9-/m1/s1. The first-order valence-corrected chi connectivity index (χ1v) is 9.91. The van der Waals surface area contributed by atoms with Crippen molar-refractivity contribution >= 4 is 62.5 Å². The van der Waals surface area contributed by atoms with Gasteiger partial charge in [-0.1, -0.05) is 35.2 Å². The number of nitrogens with zero attached hydrogens (tertiary/aromatic N) is 2. The predicted molar refractivity (Wildman–Crippen MR) is 102 cm³/mol. The van der Waals surface area contributed by atoms with E-state index in [1.807, 2.05) is 6.07 Å². The molecule has 8 nitrogen and oxygen atoms in total. The zero-order chi connectivity index (χ0) is 18.9. The Bertz CT molecular complexity index is 773. The van der Waals surface area contributed by atoms with E-state index in [-0.39, 0.29) is 6.54 Å². The first-order valence-electron chi connectivity index (χ1n) is 7.36. The molecule has 1 atom stereocenters. The Labute approximate surface area is 166 Å². The molecule has 1 aromatic carbocycles. The Balaban J connectivity index is 1.67. The molecule has 0 fully saturated rings. The summed E-state index contributed by atoms with van der Waals surface area (Å²) in [7, 11) is 0. The number of nitrogens with one attached hydrogen (secondary N) is 2. The van der Waals surface area contributed by atoms with Crippen LogP contribution in [0, 0.1) is 0 Å². The van der Waals surface area contributed by atoms with E-state index >= 15 is 0 Å². The van der Waals surface area contributed by atoms with Gasteiger partial charge in [0.2, 0.25) is 5.91 Å². The normalized spacial score (nSPS) is 11.5. The van der Waals surface area contributed by atoms with E-state index in [4.69, 9.17) is 4.74 Å². The molecule has 138 valence electrons. The van der Waals surface area contributed by atoms with Crippen LogP contribution in [0.5, 0.6) is 0 Å². The van der Waals surface area contributed by atoms with E-state index in [9.17, 15) is 14.4 Å². The number of esters is 1. The van der Waals surface area contributed by atoms with Gasteiger partial charge in [0.1, 0.15) is 10.8 Å². The average Bonchev–Trinajstić information content (AvgIpc) is 3.12. The summed E-state index contributed by atoms with van der Waals surface area (Å²) in [5, 5.41) is 12.0. The summed E-state index contributed by atoms with van der Waals surface area (Å²) in [6.45, 7) is 0.965. The van der Waals surface area contributed by atoms with Crippen LogP contribution in [-0.4, -0.2) is 46.4 Å². The first-order chi connectivity index (χ1) is 12.5. The Hall–Kier alpha value is -1.98. The van der Waals surface area contributed by atoms with Crippen LogP contribution in [0.25, 0.3) is 0 Å². The number of ether oxygens (including phenoxy) is 1. The monoisotopic (exact) mass is 458 g/mol. The van der Waals surface area contributed by atoms with Crippen molar-refractivity contribution < 1.29 is 19.1 Å². The zero-order valence-electron chi connectivity index (χ0n) is 13.6. The number of benzene rings is 1. The predicted octanol–water partition coefficient (Wildman–Crippen LogP) is 2.08. The molecule has 26 heavy (non-hydrogen) atoms. The van der Waals surface area contributed by atoms with Crippen LogP contribution in [0.2, 0.25) is 0 Å². The number of halogens is 1. The lowest BCUT2D eigenvalue weighted by Gasteiger charge is -2.10. The lowest BCUT2D eigenvalue weighted by atomic mass is 10.3. The summed E-state index contributed by atoms with van der Waals surface area (Å²) < 4.78 is 6.30. The highest BCUT2D eigenvalue weighted by Crippen LogP contribution is 2.24. The van der Waals surface area contributed by atoms with Crippen LogP contribution in [0.1, 0.15) is 6.92 Å². The first kappa shape index (κ1) is 20.3. The van der Waals surface area contributed by atoms with Crippen molar-refractivity contribution in [1.29, 1.82) is 0 Å². The van der Waals surface area contributed by atoms with Crippen LogP contribution in [0.3, 0.4) is 0 Å². The minimum absolute atomic E-state index is 0.229. The Kier molecular flexibility index (Phi) is 8.01. The van der Waals surface area contributed by atoms with Crippen molar-refractivity contribution in [3.8, 4) is 0 Å². The number of carbonyl (C=O) groups is 3. The summed E-state index contributed by atoms with van der Waals surface area (Å²) in [6.07, 6.45) is 0. The van der Waals surface area contributed by atoms with Crippen LogP contribution in [0.15, 0.2) is 38.6 Å². The Morgan fingerprint density at radius 3 is 2.77 bits per heavy atom. The van der Waals surface area contributed by atoms with E-state index in [1.165, 1.54) is 23.1 Å². The SMILES string of the molecule is C[C@@H](Sc1nncs1)C(=O)OCC(=O)NCC(=O)Nc1ccccc1Br. The quantitative estimate of drug-likeness (QED) is 0.460. The smallest absolute Gasteiger partial charge is 0.319 e. The molecule has 2 N–H and O–H groups in total. The van der Waals surface area contributed by atoms with Gasteiger partial charge in [-0.2, -0.15) is 0 Å². The lowest BCUT2D eigenvalue weighted by molar-refractivity contribution is -0.147. The second-order valence-corrected chi connectivity index (χ2v) is 8.15. The van der Waals surface area contributed by atoms with Gasteiger partial charge in [0.05, 0.1) is 12.2 Å². The fraction of sp³-hybridized carbons (Fsp3) is 0.267. The van der Waals surface area contributed by atoms with Gasteiger partial charge in [0.25, 0.3) is 5.91 Å². The van der Waals surface area contributed by atoms with Crippen molar-refractivity contribution in [1.82, 2.24) is 15.5 Å². The maximum absolute atomic E-state index is 11.8. The van der Waals surface area contributed by atoms with Gasteiger partial charge < -0.3 is 15.4 Å². The molecule has 0 aliphatic rings.